The smallest absolute Gasteiger partial charge is 0.160 e. The molecule has 0 aliphatic rings. The van der Waals surface area contributed by atoms with E-state index in [9.17, 15) is 0 Å². The number of nitrogens with zero attached hydrogens (tertiary/aromatic N) is 2. The summed E-state index contributed by atoms with van der Waals surface area (Å²) in [5.74, 6) is 0.711. The highest BCUT2D eigenvalue weighted by atomic mass is 16.3. The van der Waals surface area contributed by atoms with Gasteiger partial charge in [0.15, 0.2) is 5.82 Å². The third-order valence-electron chi connectivity index (χ3n) is 11.1. The SMILES string of the molecule is c1ccc(-c2cc(-c3ccc(-c4ccc(-c5cccc6oc7c8ccccc8c(-c8ccccc8)cc7c56)c5ccccc45)cc3)nc(-c3ccccc3)n2)cc1. The van der Waals surface area contributed by atoms with Gasteiger partial charge in [-0.2, -0.15) is 0 Å². The van der Waals surface area contributed by atoms with Crippen LogP contribution in [0.3, 0.4) is 0 Å². The third-order valence-corrected chi connectivity index (χ3v) is 11.1. The summed E-state index contributed by atoms with van der Waals surface area (Å²) in [5.41, 5.74) is 13.7. The fraction of sp³-hybridized carbons (Fsp3) is 0. The van der Waals surface area contributed by atoms with Crippen LogP contribution in [-0.2, 0) is 0 Å². The Morgan fingerprint density at radius 2 is 0.789 bits per heavy atom. The highest BCUT2D eigenvalue weighted by Gasteiger charge is 2.20. The molecule has 0 saturated heterocycles. The van der Waals surface area contributed by atoms with Crippen molar-refractivity contribution in [3.8, 4) is 67.3 Å². The van der Waals surface area contributed by atoms with Crippen LogP contribution in [0.2, 0.25) is 0 Å². The number of aromatic nitrogens is 2. The van der Waals surface area contributed by atoms with Crippen molar-refractivity contribution in [2.45, 2.75) is 0 Å². The summed E-state index contributed by atoms with van der Waals surface area (Å²) in [6, 6.07) is 72.7. The second kappa shape index (κ2) is 13.6. The van der Waals surface area contributed by atoms with E-state index in [4.69, 9.17) is 14.4 Å². The average Bonchev–Trinajstić information content (AvgIpc) is 3.68. The molecule has 0 aliphatic carbocycles. The predicted molar refractivity (Wildman–Crippen MR) is 237 cm³/mol. The van der Waals surface area contributed by atoms with Crippen molar-refractivity contribution >= 4 is 43.5 Å². The molecule has 0 aliphatic heterocycles. The Bertz CT molecular complexity index is 3200. The Labute approximate surface area is 330 Å². The minimum absolute atomic E-state index is 0.711. The summed E-state index contributed by atoms with van der Waals surface area (Å²) in [4.78, 5) is 10.0. The third kappa shape index (κ3) is 5.68. The van der Waals surface area contributed by atoms with Gasteiger partial charge in [-0.25, -0.2) is 9.97 Å². The molecule has 2 aromatic heterocycles. The number of hydrogen-bond acceptors (Lipinski definition) is 3. The van der Waals surface area contributed by atoms with Crippen molar-refractivity contribution < 1.29 is 4.42 Å². The number of hydrogen-bond donors (Lipinski definition) is 0. The molecule has 9 aromatic carbocycles. The molecule has 57 heavy (non-hydrogen) atoms. The normalized spacial score (nSPS) is 11.5. The Balaban J connectivity index is 1.04. The van der Waals surface area contributed by atoms with Gasteiger partial charge in [0.2, 0.25) is 0 Å². The summed E-state index contributed by atoms with van der Waals surface area (Å²) in [6.07, 6.45) is 0. The summed E-state index contributed by atoms with van der Waals surface area (Å²) in [7, 11) is 0. The maximum atomic E-state index is 6.73. The molecular weight excluding hydrogens is 693 g/mol. The molecule has 0 saturated carbocycles. The van der Waals surface area contributed by atoms with Gasteiger partial charge >= 0.3 is 0 Å². The van der Waals surface area contributed by atoms with Crippen LogP contribution >= 0.6 is 0 Å². The zero-order valence-electron chi connectivity index (χ0n) is 30.9. The van der Waals surface area contributed by atoms with E-state index in [1.807, 2.05) is 36.4 Å². The number of benzene rings is 9. The molecule has 11 rings (SSSR count). The fourth-order valence-electron chi connectivity index (χ4n) is 8.40. The largest absolute Gasteiger partial charge is 0.455 e. The van der Waals surface area contributed by atoms with Gasteiger partial charge in [0.25, 0.3) is 0 Å². The van der Waals surface area contributed by atoms with Crippen LogP contribution in [0.1, 0.15) is 0 Å². The van der Waals surface area contributed by atoms with E-state index in [1.165, 1.54) is 38.4 Å². The van der Waals surface area contributed by atoms with Gasteiger partial charge < -0.3 is 4.42 Å². The van der Waals surface area contributed by atoms with Gasteiger partial charge in [-0.05, 0) is 67.7 Å². The molecule has 11 aromatic rings. The van der Waals surface area contributed by atoms with E-state index in [0.717, 1.165) is 66.5 Å². The van der Waals surface area contributed by atoms with E-state index in [-0.39, 0.29) is 0 Å². The zero-order chi connectivity index (χ0) is 37.7. The van der Waals surface area contributed by atoms with Gasteiger partial charge in [0.1, 0.15) is 11.2 Å². The highest BCUT2D eigenvalue weighted by Crippen LogP contribution is 2.45. The van der Waals surface area contributed by atoms with Gasteiger partial charge in [0, 0.05) is 32.8 Å². The van der Waals surface area contributed by atoms with Crippen molar-refractivity contribution in [2.24, 2.45) is 0 Å². The van der Waals surface area contributed by atoms with Crippen molar-refractivity contribution in [1.82, 2.24) is 9.97 Å². The first kappa shape index (κ1) is 32.8. The van der Waals surface area contributed by atoms with Crippen LogP contribution in [0.25, 0.3) is 111 Å². The monoisotopic (exact) mass is 726 g/mol. The van der Waals surface area contributed by atoms with Gasteiger partial charge in [0.05, 0.1) is 11.4 Å². The van der Waals surface area contributed by atoms with E-state index in [0.29, 0.717) is 5.82 Å². The maximum Gasteiger partial charge on any atom is 0.160 e. The number of fused-ring (bicyclic) bond motifs is 6. The standard InChI is InChI=1S/C54H34N2O/c1-4-15-35(16-5-1)47-33-48-52-45(25-14-26-51(52)57-53(48)46-24-13-12-23-43(46)47)44-32-31-40(41-21-10-11-22-42(41)44)36-27-29-38(30-28-36)50-34-49(37-17-6-2-7-18-37)55-54(56-50)39-19-8-3-9-20-39/h1-34H. The van der Waals surface area contributed by atoms with Crippen LogP contribution in [0.4, 0.5) is 0 Å². The molecule has 0 bridgehead atoms. The van der Waals surface area contributed by atoms with Crippen molar-refractivity contribution in [2.75, 3.05) is 0 Å². The van der Waals surface area contributed by atoms with E-state index >= 15 is 0 Å². The molecule has 0 amide bonds. The zero-order valence-corrected chi connectivity index (χ0v) is 30.9. The first-order valence-corrected chi connectivity index (χ1v) is 19.3. The summed E-state index contributed by atoms with van der Waals surface area (Å²) >= 11 is 0. The Morgan fingerprint density at radius 1 is 0.298 bits per heavy atom. The number of furan rings is 1. The lowest BCUT2D eigenvalue weighted by Gasteiger charge is -2.14. The minimum Gasteiger partial charge on any atom is -0.455 e. The Kier molecular flexibility index (Phi) is 7.82. The van der Waals surface area contributed by atoms with Crippen molar-refractivity contribution in [3.63, 3.8) is 0 Å². The topological polar surface area (TPSA) is 38.9 Å². The molecule has 0 unspecified atom stereocenters. The second-order valence-corrected chi connectivity index (χ2v) is 14.5. The first-order valence-electron chi connectivity index (χ1n) is 19.3. The molecule has 3 nitrogen and oxygen atoms in total. The van der Waals surface area contributed by atoms with Gasteiger partial charge in [-0.1, -0.05) is 188 Å². The van der Waals surface area contributed by atoms with E-state index in [1.54, 1.807) is 0 Å². The maximum absolute atomic E-state index is 6.73. The lowest BCUT2D eigenvalue weighted by atomic mass is 9.89. The summed E-state index contributed by atoms with van der Waals surface area (Å²) in [6.45, 7) is 0. The molecule has 0 fully saturated rings. The van der Waals surface area contributed by atoms with Crippen LogP contribution < -0.4 is 0 Å². The highest BCUT2D eigenvalue weighted by molar-refractivity contribution is 6.23. The minimum atomic E-state index is 0.711. The van der Waals surface area contributed by atoms with Crippen LogP contribution in [-0.4, -0.2) is 9.97 Å². The fourth-order valence-corrected chi connectivity index (χ4v) is 8.40. The quantitative estimate of drug-likeness (QED) is 0.171. The lowest BCUT2D eigenvalue weighted by Crippen LogP contribution is -1.95. The van der Waals surface area contributed by atoms with E-state index < -0.39 is 0 Å². The average molecular weight is 727 g/mol. The summed E-state index contributed by atoms with van der Waals surface area (Å²) < 4.78 is 6.73. The van der Waals surface area contributed by atoms with Crippen molar-refractivity contribution in [1.29, 1.82) is 0 Å². The van der Waals surface area contributed by atoms with Gasteiger partial charge in [-0.3, -0.25) is 0 Å². The van der Waals surface area contributed by atoms with Crippen LogP contribution in [0, 0.1) is 0 Å². The van der Waals surface area contributed by atoms with Crippen LogP contribution in [0.5, 0.6) is 0 Å². The molecule has 0 atom stereocenters. The van der Waals surface area contributed by atoms with Crippen LogP contribution in [0.15, 0.2) is 211 Å². The predicted octanol–water partition coefficient (Wildman–Crippen LogP) is 14.7. The number of rotatable bonds is 6. The molecule has 266 valence electrons. The lowest BCUT2D eigenvalue weighted by molar-refractivity contribution is 0.673. The molecule has 3 heteroatoms. The summed E-state index contributed by atoms with van der Waals surface area (Å²) in [5, 5.41) is 6.95. The Morgan fingerprint density at radius 3 is 1.46 bits per heavy atom. The van der Waals surface area contributed by atoms with Gasteiger partial charge in [-0.15, -0.1) is 0 Å². The molecule has 2 heterocycles. The van der Waals surface area contributed by atoms with E-state index in [2.05, 4.69) is 170 Å². The molecular formula is C54H34N2O. The van der Waals surface area contributed by atoms with Crippen molar-refractivity contribution in [3.05, 3.63) is 206 Å². The second-order valence-electron chi connectivity index (χ2n) is 14.5. The molecule has 0 spiro atoms. The molecule has 0 N–H and O–H groups in total. The Hall–Kier alpha value is -7.62. The first-order chi connectivity index (χ1) is 28.3. The molecule has 0 radical (unpaired) electrons.